The second-order valence-corrected chi connectivity index (χ2v) is 8.36. The number of hydrogen-bond acceptors (Lipinski definition) is 4. The molecule has 142 valence electrons. The maximum Gasteiger partial charge on any atom is 0.286 e. The molecule has 0 saturated heterocycles. The molecule has 0 aliphatic carbocycles. The Morgan fingerprint density at radius 1 is 1.27 bits per heavy atom. The topological polar surface area (TPSA) is 81.1 Å². The highest BCUT2D eigenvalue weighted by atomic mass is 79.9. The summed E-state index contributed by atoms with van der Waals surface area (Å²) in [6, 6.07) is 5.44. The van der Waals surface area contributed by atoms with Crippen molar-refractivity contribution in [1.82, 2.24) is 14.3 Å². The Morgan fingerprint density at radius 2 is 1.88 bits per heavy atom. The number of rotatable bonds is 6. The van der Waals surface area contributed by atoms with Crippen LogP contribution in [0.1, 0.15) is 10.5 Å². The SMILES string of the molecule is O=C(NS(=O)(=O)c1ccccc1Cl)c1nc(Br)n(CC(F)C(F)F)c1Br. The Hall–Kier alpha value is -1.11. The molecule has 1 N–H and O–H groups in total. The standard InChI is InChI=1S/C13H9Br2ClF3N3O3S/c14-10-9(20-13(15)22(10)5-7(17)11(18)19)12(23)21-26(24,25)8-4-2-1-3-6(8)16/h1-4,7,11H,5H2,(H,21,23). The summed E-state index contributed by atoms with van der Waals surface area (Å²) in [6.07, 6.45) is -5.73. The van der Waals surface area contributed by atoms with Crippen LogP contribution in [0.2, 0.25) is 5.02 Å². The molecule has 0 saturated carbocycles. The zero-order valence-corrected chi connectivity index (χ0v) is 17.2. The molecule has 6 nitrogen and oxygen atoms in total. The van der Waals surface area contributed by atoms with Crippen LogP contribution in [0, 0.1) is 0 Å². The number of nitrogens with zero attached hydrogens (tertiary/aromatic N) is 2. The summed E-state index contributed by atoms with van der Waals surface area (Å²) >= 11 is 11.7. The fraction of sp³-hybridized carbons (Fsp3) is 0.231. The molecule has 0 fully saturated rings. The number of halogens is 6. The van der Waals surface area contributed by atoms with Gasteiger partial charge >= 0.3 is 0 Å². The molecule has 2 rings (SSSR count). The van der Waals surface area contributed by atoms with E-state index in [-0.39, 0.29) is 19.3 Å². The van der Waals surface area contributed by atoms with Crippen molar-refractivity contribution in [3.8, 4) is 0 Å². The van der Waals surface area contributed by atoms with Gasteiger partial charge in [0.05, 0.1) is 11.6 Å². The highest BCUT2D eigenvalue weighted by Gasteiger charge is 2.28. The minimum Gasteiger partial charge on any atom is -0.309 e. The second-order valence-electron chi connectivity index (χ2n) is 4.85. The largest absolute Gasteiger partial charge is 0.309 e. The molecule has 1 aromatic heterocycles. The van der Waals surface area contributed by atoms with Crippen molar-refractivity contribution >= 4 is 59.4 Å². The summed E-state index contributed by atoms with van der Waals surface area (Å²) in [5, 5.41) is -0.101. The van der Waals surface area contributed by atoms with Gasteiger partial charge in [-0.1, -0.05) is 23.7 Å². The molecular formula is C13H9Br2ClF3N3O3S. The number of carbonyl (C=O) groups excluding carboxylic acids is 1. The van der Waals surface area contributed by atoms with Gasteiger partial charge in [0, 0.05) is 0 Å². The van der Waals surface area contributed by atoms with Crippen molar-refractivity contribution in [2.24, 2.45) is 0 Å². The van der Waals surface area contributed by atoms with Crippen LogP contribution in [0.25, 0.3) is 0 Å². The van der Waals surface area contributed by atoms with Gasteiger partial charge in [-0.2, -0.15) is 0 Å². The maximum atomic E-state index is 13.3. The van der Waals surface area contributed by atoms with Gasteiger partial charge < -0.3 is 4.57 Å². The first-order chi connectivity index (χ1) is 12.0. The van der Waals surface area contributed by atoms with E-state index in [9.17, 15) is 26.4 Å². The Morgan fingerprint density at radius 3 is 2.46 bits per heavy atom. The number of carbonyl (C=O) groups is 1. The molecule has 1 atom stereocenters. The molecule has 0 aliphatic rings. The van der Waals surface area contributed by atoms with Crippen LogP contribution < -0.4 is 4.72 Å². The van der Waals surface area contributed by atoms with Crippen LogP contribution in [0.4, 0.5) is 13.2 Å². The lowest BCUT2D eigenvalue weighted by molar-refractivity contribution is 0.0399. The van der Waals surface area contributed by atoms with E-state index < -0.39 is 40.8 Å². The number of hydrogen-bond donors (Lipinski definition) is 1. The van der Waals surface area contributed by atoms with Crippen molar-refractivity contribution in [1.29, 1.82) is 0 Å². The third kappa shape index (κ3) is 4.59. The van der Waals surface area contributed by atoms with Crippen molar-refractivity contribution in [2.45, 2.75) is 24.0 Å². The number of imidazole rings is 1. The van der Waals surface area contributed by atoms with Gasteiger partial charge in [-0.05, 0) is 44.0 Å². The van der Waals surface area contributed by atoms with Gasteiger partial charge in [0.1, 0.15) is 9.50 Å². The van der Waals surface area contributed by atoms with E-state index in [1.807, 2.05) is 0 Å². The molecule has 0 radical (unpaired) electrons. The van der Waals surface area contributed by atoms with Crippen LogP contribution in [0.5, 0.6) is 0 Å². The molecule has 26 heavy (non-hydrogen) atoms. The minimum absolute atomic E-state index is 0.101. The Kier molecular flexibility index (Phi) is 6.75. The number of benzene rings is 1. The van der Waals surface area contributed by atoms with Crippen LogP contribution in [-0.2, 0) is 16.6 Å². The number of sulfonamides is 1. The quantitative estimate of drug-likeness (QED) is 0.606. The fourth-order valence-corrected chi connectivity index (χ4v) is 4.64. The molecule has 0 aliphatic heterocycles. The van der Waals surface area contributed by atoms with Gasteiger partial charge in [-0.15, -0.1) is 0 Å². The first kappa shape index (κ1) is 21.2. The average Bonchev–Trinajstić information content (AvgIpc) is 2.82. The monoisotopic (exact) mass is 537 g/mol. The molecule has 1 unspecified atom stereocenters. The third-order valence-electron chi connectivity index (χ3n) is 3.06. The van der Waals surface area contributed by atoms with E-state index in [4.69, 9.17) is 11.6 Å². The lowest BCUT2D eigenvalue weighted by Gasteiger charge is -2.10. The molecule has 1 aromatic carbocycles. The first-order valence-corrected chi connectivity index (χ1v) is 10.1. The van der Waals surface area contributed by atoms with E-state index >= 15 is 0 Å². The summed E-state index contributed by atoms with van der Waals surface area (Å²) in [6.45, 7) is -0.795. The molecular weight excluding hydrogens is 530 g/mol. The van der Waals surface area contributed by atoms with Crippen molar-refractivity contribution < 1.29 is 26.4 Å². The summed E-state index contributed by atoms with van der Waals surface area (Å²) in [5.74, 6) is -1.15. The van der Waals surface area contributed by atoms with Crippen molar-refractivity contribution in [2.75, 3.05) is 0 Å². The number of aromatic nitrogens is 2. The highest BCUT2D eigenvalue weighted by molar-refractivity contribution is 9.11. The van der Waals surface area contributed by atoms with Crippen molar-refractivity contribution in [3.63, 3.8) is 0 Å². The first-order valence-electron chi connectivity index (χ1n) is 6.70. The summed E-state index contributed by atoms with van der Waals surface area (Å²) in [5.41, 5.74) is -0.436. The minimum atomic E-state index is -4.31. The second kappa shape index (κ2) is 8.28. The van der Waals surface area contributed by atoms with E-state index in [0.717, 1.165) is 4.57 Å². The number of alkyl halides is 3. The van der Waals surface area contributed by atoms with E-state index in [0.29, 0.717) is 0 Å². The predicted molar refractivity (Wildman–Crippen MR) is 94.6 cm³/mol. The van der Waals surface area contributed by atoms with Gasteiger partial charge in [0.25, 0.3) is 22.4 Å². The lowest BCUT2D eigenvalue weighted by atomic mass is 10.4. The van der Waals surface area contributed by atoms with Gasteiger partial charge in [-0.25, -0.2) is 31.3 Å². The van der Waals surface area contributed by atoms with Gasteiger partial charge in [0.2, 0.25) is 0 Å². The smallest absolute Gasteiger partial charge is 0.286 e. The zero-order valence-electron chi connectivity index (χ0n) is 12.5. The van der Waals surface area contributed by atoms with Crippen LogP contribution >= 0.6 is 43.5 Å². The Balaban J connectivity index is 2.30. The normalized spacial score (nSPS) is 13.0. The maximum absolute atomic E-state index is 13.3. The summed E-state index contributed by atoms with van der Waals surface area (Å²) in [4.78, 5) is 15.7. The highest BCUT2D eigenvalue weighted by Crippen LogP contribution is 2.26. The third-order valence-corrected chi connectivity index (χ3v) is 6.30. The van der Waals surface area contributed by atoms with E-state index in [1.54, 1.807) is 4.72 Å². The van der Waals surface area contributed by atoms with Crippen LogP contribution in [0.3, 0.4) is 0 Å². The molecule has 1 heterocycles. The van der Waals surface area contributed by atoms with Crippen molar-refractivity contribution in [3.05, 3.63) is 44.3 Å². The zero-order chi connectivity index (χ0) is 19.6. The molecule has 2 aromatic rings. The molecule has 1 amide bonds. The summed E-state index contributed by atoms with van der Waals surface area (Å²) in [7, 11) is -4.31. The molecule has 13 heteroatoms. The molecule has 0 spiro atoms. The van der Waals surface area contributed by atoms with Gasteiger partial charge in [-0.3, -0.25) is 4.79 Å². The predicted octanol–water partition coefficient (Wildman–Crippen LogP) is 3.78. The lowest BCUT2D eigenvalue weighted by Crippen LogP contribution is -2.31. The number of nitrogens with one attached hydrogen (secondary N) is 1. The van der Waals surface area contributed by atoms with Crippen LogP contribution in [-0.4, -0.2) is 36.5 Å². The van der Waals surface area contributed by atoms with Gasteiger partial charge in [0.15, 0.2) is 16.6 Å². The Labute approximate surface area is 168 Å². The molecule has 0 bridgehead atoms. The Bertz CT molecular complexity index is 940. The average molecular weight is 540 g/mol. The number of amides is 1. The van der Waals surface area contributed by atoms with Crippen LogP contribution in [0.15, 0.2) is 38.5 Å². The van der Waals surface area contributed by atoms with E-state index in [2.05, 4.69) is 36.8 Å². The summed E-state index contributed by atoms with van der Waals surface area (Å²) < 4.78 is 65.0. The van der Waals surface area contributed by atoms with E-state index in [1.165, 1.54) is 24.3 Å². The fourth-order valence-electron chi connectivity index (χ4n) is 1.85.